The van der Waals surface area contributed by atoms with Gasteiger partial charge in [0.1, 0.15) is 11.6 Å². The van der Waals surface area contributed by atoms with E-state index in [0.717, 1.165) is 33.2 Å². The number of nitrogens with zero attached hydrogens (tertiary/aromatic N) is 2. The van der Waals surface area contributed by atoms with E-state index in [1.54, 1.807) is 12.1 Å². The van der Waals surface area contributed by atoms with Gasteiger partial charge in [-0.25, -0.2) is 8.42 Å². The Labute approximate surface area is 178 Å². The summed E-state index contributed by atoms with van der Waals surface area (Å²) in [4.78, 5) is 4.86. The molecule has 4 rings (SSSR count). The number of hydrogen-bond acceptors (Lipinski definition) is 4. The van der Waals surface area contributed by atoms with E-state index in [-0.39, 0.29) is 0 Å². The lowest BCUT2D eigenvalue weighted by atomic mass is 10.0. The van der Waals surface area contributed by atoms with Gasteiger partial charge in [-0.1, -0.05) is 42.5 Å². The summed E-state index contributed by atoms with van der Waals surface area (Å²) in [6.07, 6.45) is 0.482. The number of aliphatic imine (C=N–C) groups is 1. The highest BCUT2D eigenvalue weighted by atomic mass is 32.2. The van der Waals surface area contributed by atoms with Crippen molar-refractivity contribution in [1.82, 2.24) is 4.31 Å². The first-order valence-electron chi connectivity index (χ1n) is 10.2. The Hall–Kier alpha value is -2.86. The van der Waals surface area contributed by atoms with Crippen molar-refractivity contribution in [3.05, 3.63) is 71.3 Å². The van der Waals surface area contributed by atoms with Crippen molar-refractivity contribution in [3.63, 3.8) is 0 Å². The van der Waals surface area contributed by atoms with Gasteiger partial charge in [-0.05, 0) is 60.4 Å². The van der Waals surface area contributed by atoms with Crippen molar-refractivity contribution < 1.29 is 13.2 Å². The van der Waals surface area contributed by atoms with E-state index in [1.807, 2.05) is 45.0 Å². The highest BCUT2D eigenvalue weighted by molar-refractivity contribution is 7.89. The lowest BCUT2D eigenvalue weighted by Crippen LogP contribution is -2.36. The molecule has 0 saturated carbocycles. The van der Waals surface area contributed by atoms with E-state index in [2.05, 4.69) is 23.2 Å². The van der Waals surface area contributed by atoms with Crippen molar-refractivity contribution in [3.8, 4) is 5.75 Å². The predicted molar refractivity (Wildman–Crippen MR) is 121 cm³/mol. The van der Waals surface area contributed by atoms with Crippen LogP contribution in [-0.4, -0.2) is 38.3 Å². The molecule has 0 radical (unpaired) electrons. The molecule has 6 heteroatoms. The van der Waals surface area contributed by atoms with Gasteiger partial charge < -0.3 is 4.74 Å². The van der Waals surface area contributed by atoms with Gasteiger partial charge in [0, 0.05) is 6.42 Å². The van der Waals surface area contributed by atoms with Crippen molar-refractivity contribution in [2.75, 3.05) is 19.7 Å². The summed E-state index contributed by atoms with van der Waals surface area (Å²) in [7, 11) is -3.70. The smallest absolute Gasteiger partial charge is 0.265 e. The molecule has 0 amide bonds. The van der Waals surface area contributed by atoms with Crippen LogP contribution in [0.3, 0.4) is 0 Å². The largest absolute Gasteiger partial charge is 0.494 e. The average molecular weight is 423 g/mol. The maximum absolute atomic E-state index is 13.5. The van der Waals surface area contributed by atoms with Gasteiger partial charge in [0.25, 0.3) is 10.0 Å². The van der Waals surface area contributed by atoms with Crippen LogP contribution in [0.15, 0.2) is 64.5 Å². The van der Waals surface area contributed by atoms with Crippen LogP contribution in [-0.2, 0) is 16.4 Å². The molecule has 3 aromatic rings. The molecule has 1 aliphatic heterocycles. The molecule has 0 saturated heterocycles. The molecule has 0 aromatic heterocycles. The van der Waals surface area contributed by atoms with Crippen LogP contribution < -0.4 is 4.74 Å². The molecule has 0 fully saturated rings. The van der Waals surface area contributed by atoms with E-state index < -0.39 is 10.0 Å². The zero-order valence-corrected chi connectivity index (χ0v) is 18.4. The molecule has 1 heterocycles. The van der Waals surface area contributed by atoms with E-state index in [9.17, 15) is 8.42 Å². The molecule has 5 nitrogen and oxygen atoms in total. The molecule has 156 valence electrons. The van der Waals surface area contributed by atoms with Crippen LogP contribution in [0.4, 0.5) is 0 Å². The molecule has 0 bridgehead atoms. The number of amidine groups is 1. The van der Waals surface area contributed by atoms with Crippen LogP contribution in [0.1, 0.15) is 23.6 Å². The van der Waals surface area contributed by atoms with Crippen LogP contribution in [0.25, 0.3) is 10.8 Å². The van der Waals surface area contributed by atoms with E-state index in [0.29, 0.717) is 36.8 Å². The van der Waals surface area contributed by atoms with Gasteiger partial charge in [-0.2, -0.15) is 0 Å². The van der Waals surface area contributed by atoms with Crippen molar-refractivity contribution in [2.24, 2.45) is 4.99 Å². The quantitative estimate of drug-likeness (QED) is 0.588. The standard InChI is InChI=1S/C24H26N2O3S/c1-4-29-22-12-13-23(18(3)17(22)2)30(27,28)26-15-14-25-24(26)16-20-10-7-9-19-8-5-6-11-21(19)20/h5-13H,4,14-16H2,1-3H3. The van der Waals surface area contributed by atoms with E-state index in [4.69, 9.17) is 4.74 Å². The molecule has 0 N–H and O–H groups in total. The first-order valence-corrected chi connectivity index (χ1v) is 11.6. The Kier molecular flexibility index (Phi) is 5.52. The SMILES string of the molecule is CCOc1ccc(S(=O)(=O)N2CCN=C2Cc2cccc3ccccc23)c(C)c1C. The van der Waals surface area contributed by atoms with Gasteiger partial charge in [0.2, 0.25) is 0 Å². The van der Waals surface area contributed by atoms with Crippen LogP contribution in [0.5, 0.6) is 5.75 Å². The minimum Gasteiger partial charge on any atom is -0.494 e. The highest BCUT2D eigenvalue weighted by Crippen LogP contribution is 2.30. The van der Waals surface area contributed by atoms with Gasteiger partial charge in [-0.15, -0.1) is 0 Å². The van der Waals surface area contributed by atoms with E-state index >= 15 is 0 Å². The molecule has 0 atom stereocenters. The monoisotopic (exact) mass is 422 g/mol. The third kappa shape index (κ3) is 3.56. The lowest BCUT2D eigenvalue weighted by molar-refractivity contribution is 0.337. The summed E-state index contributed by atoms with van der Waals surface area (Å²) < 4.78 is 34.2. The first kappa shape index (κ1) is 20.4. The molecule has 30 heavy (non-hydrogen) atoms. The summed E-state index contributed by atoms with van der Waals surface area (Å²) >= 11 is 0. The van der Waals surface area contributed by atoms with Crippen LogP contribution in [0.2, 0.25) is 0 Å². The fraction of sp³-hybridized carbons (Fsp3) is 0.292. The predicted octanol–water partition coefficient (Wildman–Crippen LogP) is 4.50. The van der Waals surface area contributed by atoms with Crippen LogP contribution in [0, 0.1) is 13.8 Å². The third-order valence-corrected chi connectivity index (χ3v) is 7.64. The van der Waals surface area contributed by atoms with Crippen LogP contribution >= 0.6 is 0 Å². The zero-order chi connectivity index (χ0) is 21.3. The fourth-order valence-corrected chi connectivity index (χ4v) is 5.72. The summed E-state index contributed by atoms with van der Waals surface area (Å²) in [6.45, 7) is 7.04. The first-order chi connectivity index (χ1) is 14.4. The molecular formula is C24H26N2O3S. The third-order valence-electron chi connectivity index (χ3n) is 5.67. The Bertz CT molecular complexity index is 1230. The minimum absolute atomic E-state index is 0.316. The molecular weight excluding hydrogens is 396 g/mol. The van der Waals surface area contributed by atoms with Crippen molar-refractivity contribution in [1.29, 1.82) is 0 Å². The zero-order valence-electron chi connectivity index (χ0n) is 17.6. The molecule has 0 spiro atoms. The Morgan fingerprint density at radius 2 is 1.77 bits per heavy atom. The number of rotatable bonds is 6. The fourth-order valence-electron chi connectivity index (χ4n) is 3.98. The molecule has 0 unspecified atom stereocenters. The van der Waals surface area contributed by atoms with Gasteiger partial charge in [0.05, 0.1) is 24.6 Å². The lowest BCUT2D eigenvalue weighted by Gasteiger charge is -2.23. The number of sulfonamides is 1. The van der Waals surface area contributed by atoms with E-state index in [1.165, 1.54) is 4.31 Å². The Morgan fingerprint density at radius 1 is 1.00 bits per heavy atom. The van der Waals surface area contributed by atoms with Gasteiger partial charge in [0.15, 0.2) is 0 Å². The topological polar surface area (TPSA) is 59.0 Å². The minimum atomic E-state index is -3.70. The number of benzene rings is 3. The second-order valence-electron chi connectivity index (χ2n) is 7.44. The van der Waals surface area contributed by atoms with Crippen molar-refractivity contribution in [2.45, 2.75) is 32.1 Å². The maximum atomic E-state index is 13.5. The summed E-state index contributed by atoms with van der Waals surface area (Å²) in [5.41, 5.74) is 2.65. The van der Waals surface area contributed by atoms with Crippen molar-refractivity contribution >= 4 is 26.6 Å². The molecule has 3 aromatic carbocycles. The number of fused-ring (bicyclic) bond motifs is 1. The number of ether oxygens (including phenoxy) is 1. The van der Waals surface area contributed by atoms with Gasteiger partial charge in [-0.3, -0.25) is 9.30 Å². The summed E-state index contributed by atoms with van der Waals surface area (Å²) in [5, 5.41) is 2.26. The summed E-state index contributed by atoms with van der Waals surface area (Å²) in [5.74, 6) is 1.32. The Balaban J connectivity index is 1.68. The van der Waals surface area contributed by atoms with Gasteiger partial charge >= 0.3 is 0 Å². The molecule has 1 aliphatic rings. The summed E-state index contributed by atoms with van der Waals surface area (Å²) in [6, 6.07) is 17.7. The second-order valence-corrected chi connectivity index (χ2v) is 9.27. The second kappa shape index (κ2) is 8.11. The Morgan fingerprint density at radius 3 is 2.57 bits per heavy atom. The maximum Gasteiger partial charge on any atom is 0.265 e. The normalized spacial score (nSPS) is 14.2. The average Bonchev–Trinajstić information content (AvgIpc) is 3.21. The highest BCUT2D eigenvalue weighted by Gasteiger charge is 2.32. The molecule has 0 aliphatic carbocycles. The number of hydrogen-bond donors (Lipinski definition) is 0.